The van der Waals surface area contributed by atoms with Crippen LogP contribution in [0.4, 0.5) is 0 Å². The molecule has 2 N–H and O–H groups in total. The van der Waals surface area contributed by atoms with Crippen molar-refractivity contribution in [3.8, 4) is 5.75 Å². The molecule has 0 fully saturated rings. The van der Waals surface area contributed by atoms with Crippen LogP contribution >= 0.6 is 0 Å². The molecule has 2 aromatic carbocycles. The smallest absolute Gasteiger partial charge is 0.115 e. The average Bonchev–Trinajstić information content (AvgIpc) is 2.51. The number of phenolic OH excluding ortho intramolecular Hbond substituents is 1. The van der Waals surface area contributed by atoms with Crippen LogP contribution in [0, 0.1) is 0 Å². The van der Waals surface area contributed by atoms with E-state index in [1.54, 1.807) is 6.07 Å². The van der Waals surface area contributed by atoms with Crippen molar-refractivity contribution >= 4 is 0 Å². The summed E-state index contributed by atoms with van der Waals surface area (Å²) in [4.78, 5) is 2.50. The molecule has 3 heteroatoms. The molecular weight excluding hydrogens is 260 g/mol. The fraction of sp³-hybridized carbons (Fsp3) is 0.333. The molecule has 0 amide bonds. The number of hydrogen-bond donors (Lipinski definition) is 2. The molecule has 2 aromatic rings. The van der Waals surface area contributed by atoms with Crippen molar-refractivity contribution in [1.29, 1.82) is 0 Å². The summed E-state index contributed by atoms with van der Waals surface area (Å²) in [5, 5.41) is 12.9. The lowest BCUT2D eigenvalue weighted by Gasteiger charge is -2.28. The monoisotopic (exact) mass is 282 g/mol. The SMILES string of the molecule is Oc1cccc(CNCCN2CCc3ccccc3C2)c1. The van der Waals surface area contributed by atoms with Crippen molar-refractivity contribution in [2.75, 3.05) is 19.6 Å². The topological polar surface area (TPSA) is 35.5 Å². The van der Waals surface area contributed by atoms with Gasteiger partial charge in [-0.15, -0.1) is 0 Å². The van der Waals surface area contributed by atoms with E-state index in [1.807, 2.05) is 18.2 Å². The minimum Gasteiger partial charge on any atom is -0.508 e. The number of nitrogens with one attached hydrogen (secondary N) is 1. The highest BCUT2D eigenvalue weighted by Crippen LogP contribution is 2.17. The van der Waals surface area contributed by atoms with E-state index in [9.17, 15) is 5.11 Å². The molecule has 0 saturated heterocycles. The molecule has 0 bridgehead atoms. The standard InChI is InChI=1S/C18H22N2O/c21-18-7-3-4-15(12-18)13-19-9-11-20-10-8-16-5-1-2-6-17(16)14-20/h1-7,12,19,21H,8-11,13-14H2. The number of benzene rings is 2. The lowest BCUT2D eigenvalue weighted by atomic mass is 10.00. The van der Waals surface area contributed by atoms with E-state index >= 15 is 0 Å². The van der Waals surface area contributed by atoms with Crippen molar-refractivity contribution in [3.63, 3.8) is 0 Å². The fourth-order valence-corrected chi connectivity index (χ4v) is 2.88. The summed E-state index contributed by atoms with van der Waals surface area (Å²) in [5.74, 6) is 0.335. The molecule has 3 nitrogen and oxygen atoms in total. The normalized spacial score (nSPS) is 14.9. The summed E-state index contributed by atoms with van der Waals surface area (Å²) in [6, 6.07) is 16.2. The molecule has 0 unspecified atom stereocenters. The first-order chi connectivity index (χ1) is 10.3. The van der Waals surface area contributed by atoms with E-state index in [0.29, 0.717) is 5.75 Å². The minimum absolute atomic E-state index is 0.335. The summed E-state index contributed by atoms with van der Waals surface area (Å²) >= 11 is 0. The Kier molecular flexibility index (Phi) is 4.53. The van der Waals surface area contributed by atoms with Crippen molar-refractivity contribution < 1.29 is 5.11 Å². The maximum absolute atomic E-state index is 9.43. The zero-order valence-corrected chi connectivity index (χ0v) is 12.3. The van der Waals surface area contributed by atoms with E-state index in [4.69, 9.17) is 0 Å². The Labute approximate surface area is 126 Å². The number of hydrogen-bond acceptors (Lipinski definition) is 3. The van der Waals surface area contributed by atoms with Crippen molar-refractivity contribution in [2.45, 2.75) is 19.5 Å². The average molecular weight is 282 g/mol. The van der Waals surface area contributed by atoms with Crippen molar-refractivity contribution in [3.05, 3.63) is 65.2 Å². The van der Waals surface area contributed by atoms with E-state index in [0.717, 1.165) is 44.7 Å². The number of aromatic hydroxyl groups is 1. The molecule has 110 valence electrons. The molecule has 0 aromatic heterocycles. The number of nitrogens with zero attached hydrogens (tertiary/aromatic N) is 1. The summed E-state index contributed by atoms with van der Waals surface area (Å²) in [6.07, 6.45) is 1.16. The molecule has 0 atom stereocenters. The first-order valence-corrected chi connectivity index (χ1v) is 7.59. The highest BCUT2D eigenvalue weighted by Gasteiger charge is 2.14. The Balaban J connectivity index is 1.43. The Hall–Kier alpha value is -1.84. The van der Waals surface area contributed by atoms with E-state index < -0.39 is 0 Å². The first-order valence-electron chi connectivity index (χ1n) is 7.59. The van der Waals surface area contributed by atoms with Gasteiger partial charge >= 0.3 is 0 Å². The third-order valence-corrected chi connectivity index (χ3v) is 4.05. The molecule has 1 aliphatic rings. The molecule has 0 spiro atoms. The lowest BCUT2D eigenvalue weighted by molar-refractivity contribution is 0.254. The highest BCUT2D eigenvalue weighted by molar-refractivity contribution is 5.29. The van der Waals surface area contributed by atoms with Gasteiger partial charge in [0.15, 0.2) is 0 Å². The second kappa shape index (κ2) is 6.74. The quantitative estimate of drug-likeness (QED) is 0.827. The van der Waals surface area contributed by atoms with Crippen molar-refractivity contribution in [2.24, 2.45) is 0 Å². The largest absolute Gasteiger partial charge is 0.508 e. The summed E-state index contributed by atoms with van der Waals surface area (Å²) in [7, 11) is 0. The minimum atomic E-state index is 0.335. The highest BCUT2D eigenvalue weighted by atomic mass is 16.3. The Bertz CT molecular complexity index is 597. The second-order valence-corrected chi connectivity index (χ2v) is 5.64. The molecule has 0 aliphatic carbocycles. The third-order valence-electron chi connectivity index (χ3n) is 4.05. The van der Waals surface area contributed by atoms with Gasteiger partial charge in [0.25, 0.3) is 0 Å². The molecule has 1 heterocycles. The van der Waals surface area contributed by atoms with Crippen LogP contribution in [0.15, 0.2) is 48.5 Å². The van der Waals surface area contributed by atoms with Gasteiger partial charge in [0.1, 0.15) is 5.75 Å². The zero-order valence-electron chi connectivity index (χ0n) is 12.3. The summed E-state index contributed by atoms with van der Waals surface area (Å²) < 4.78 is 0. The van der Waals surface area contributed by atoms with Crippen LogP contribution in [-0.4, -0.2) is 29.6 Å². The molecule has 21 heavy (non-hydrogen) atoms. The van der Waals surface area contributed by atoms with Gasteiger partial charge in [0.2, 0.25) is 0 Å². The zero-order chi connectivity index (χ0) is 14.5. The van der Waals surface area contributed by atoms with Gasteiger partial charge in [-0.2, -0.15) is 0 Å². The van der Waals surface area contributed by atoms with Gasteiger partial charge in [-0.05, 0) is 35.2 Å². The second-order valence-electron chi connectivity index (χ2n) is 5.64. The Morgan fingerprint density at radius 1 is 1.05 bits per heavy atom. The number of rotatable bonds is 5. The molecular formula is C18H22N2O. The van der Waals surface area contributed by atoms with Crippen LogP contribution in [0.2, 0.25) is 0 Å². The summed E-state index contributed by atoms with van der Waals surface area (Å²) in [5.41, 5.74) is 4.09. The maximum atomic E-state index is 9.43. The Morgan fingerprint density at radius 3 is 2.76 bits per heavy atom. The van der Waals surface area contributed by atoms with Gasteiger partial charge in [-0.1, -0.05) is 36.4 Å². The number of fused-ring (bicyclic) bond motifs is 1. The van der Waals surface area contributed by atoms with Gasteiger partial charge in [0, 0.05) is 32.7 Å². The van der Waals surface area contributed by atoms with E-state index in [1.165, 1.54) is 11.1 Å². The Morgan fingerprint density at radius 2 is 1.90 bits per heavy atom. The summed E-state index contributed by atoms with van der Waals surface area (Å²) in [6.45, 7) is 5.04. The molecule has 0 saturated carbocycles. The van der Waals surface area contributed by atoms with Crippen LogP contribution in [0.5, 0.6) is 5.75 Å². The molecule has 0 radical (unpaired) electrons. The van der Waals surface area contributed by atoms with Crippen LogP contribution in [0.1, 0.15) is 16.7 Å². The van der Waals surface area contributed by atoms with Crippen LogP contribution in [-0.2, 0) is 19.5 Å². The van der Waals surface area contributed by atoms with E-state index in [2.05, 4.69) is 34.5 Å². The fourth-order valence-electron chi connectivity index (χ4n) is 2.88. The molecule has 3 rings (SSSR count). The predicted molar refractivity (Wildman–Crippen MR) is 85.2 cm³/mol. The number of phenols is 1. The van der Waals surface area contributed by atoms with Gasteiger partial charge in [-0.25, -0.2) is 0 Å². The first kappa shape index (κ1) is 14.1. The maximum Gasteiger partial charge on any atom is 0.115 e. The molecule has 1 aliphatic heterocycles. The lowest BCUT2D eigenvalue weighted by Crippen LogP contribution is -2.35. The van der Waals surface area contributed by atoms with Crippen LogP contribution in [0.3, 0.4) is 0 Å². The van der Waals surface area contributed by atoms with Crippen LogP contribution in [0.25, 0.3) is 0 Å². The van der Waals surface area contributed by atoms with Crippen molar-refractivity contribution in [1.82, 2.24) is 10.2 Å². The van der Waals surface area contributed by atoms with Gasteiger partial charge < -0.3 is 10.4 Å². The van der Waals surface area contributed by atoms with Gasteiger partial charge in [0.05, 0.1) is 0 Å². The van der Waals surface area contributed by atoms with E-state index in [-0.39, 0.29) is 0 Å². The third kappa shape index (κ3) is 3.84. The van der Waals surface area contributed by atoms with Crippen LogP contribution < -0.4 is 5.32 Å². The predicted octanol–water partition coefficient (Wildman–Crippen LogP) is 2.54. The van der Waals surface area contributed by atoms with Gasteiger partial charge in [-0.3, -0.25) is 4.90 Å².